The molecule has 3 atom stereocenters. The highest BCUT2D eigenvalue weighted by molar-refractivity contribution is 7.10. The van der Waals surface area contributed by atoms with Gasteiger partial charge in [-0.15, -0.1) is 11.3 Å². The van der Waals surface area contributed by atoms with E-state index in [-0.39, 0.29) is 11.6 Å². The molecule has 2 fully saturated rings. The van der Waals surface area contributed by atoms with Crippen LogP contribution in [-0.4, -0.2) is 25.4 Å². The first-order chi connectivity index (χ1) is 8.83. The summed E-state index contributed by atoms with van der Waals surface area (Å²) in [6, 6.07) is 4.48. The molecular weight excluding hydrogens is 248 g/mol. The average Bonchev–Trinajstić information content (AvgIpc) is 3.03. The standard InChI is InChI=1S/C13H20N2O2S/c14-15-12(11-2-1-7-18-11)10-3-5-17-13(8-10)4-6-16-9-13/h1-2,7,10,12,15H,3-6,8-9,14H2. The van der Waals surface area contributed by atoms with Crippen molar-refractivity contribution < 1.29 is 9.47 Å². The van der Waals surface area contributed by atoms with Gasteiger partial charge in [0.2, 0.25) is 0 Å². The van der Waals surface area contributed by atoms with Crippen LogP contribution in [0.25, 0.3) is 0 Å². The van der Waals surface area contributed by atoms with Crippen molar-refractivity contribution in [2.75, 3.05) is 19.8 Å². The van der Waals surface area contributed by atoms with Gasteiger partial charge in [-0.1, -0.05) is 6.07 Å². The summed E-state index contributed by atoms with van der Waals surface area (Å²) in [7, 11) is 0. The fourth-order valence-electron chi connectivity index (χ4n) is 3.13. The Morgan fingerprint density at radius 2 is 2.44 bits per heavy atom. The number of thiophene rings is 1. The first-order valence-corrected chi connectivity index (χ1v) is 7.42. The van der Waals surface area contributed by atoms with E-state index in [4.69, 9.17) is 15.3 Å². The fraction of sp³-hybridized carbons (Fsp3) is 0.692. The summed E-state index contributed by atoms with van der Waals surface area (Å²) in [5.41, 5.74) is 2.95. The van der Waals surface area contributed by atoms with Gasteiger partial charge in [0.05, 0.1) is 18.2 Å². The molecule has 1 spiro atoms. The highest BCUT2D eigenvalue weighted by atomic mass is 32.1. The summed E-state index contributed by atoms with van der Waals surface area (Å²) < 4.78 is 11.5. The van der Waals surface area contributed by atoms with Crippen molar-refractivity contribution in [2.45, 2.75) is 30.9 Å². The van der Waals surface area contributed by atoms with Crippen molar-refractivity contribution in [3.8, 4) is 0 Å². The van der Waals surface area contributed by atoms with E-state index in [1.807, 2.05) is 0 Å². The maximum atomic E-state index is 5.98. The number of nitrogens with one attached hydrogen (secondary N) is 1. The average molecular weight is 268 g/mol. The summed E-state index contributed by atoms with van der Waals surface area (Å²) in [6.07, 6.45) is 3.12. The third kappa shape index (κ3) is 2.33. The third-order valence-electron chi connectivity index (χ3n) is 4.10. The molecule has 3 unspecified atom stereocenters. The van der Waals surface area contributed by atoms with Crippen LogP contribution >= 0.6 is 11.3 Å². The van der Waals surface area contributed by atoms with Gasteiger partial charge in [0.15, 0.2) is 0 Å². The predicted octanol–water partition coefficient (Wildman–Crippen LogP) is 1.84. The Hall–Kier alpha value is -0.460. The molecule has 0 amide bonds. The molecule has 18 heavy (non-hydrogen) atoms. The molecule has 3 heterocycles. The maximum Gasteiger partial charge on any atom is 0.0940 e. The Morgan fingerprint density at radius 3 is 3.11 bits per heavy atom. The van der Waals surface area contributed by atoms with Crippen molar-refractivity contribution in [3.05, 3.63) is 22.4 Å². The van der Waals surface area contributed by atoms with Gasteiger partial charge in [-0.3, -0.25) is 11.3 Å². The smallest absolute Gasteiger partial charge is 0.0940 e. The third-order valence-corrected chi connectivity index (χ3v) is 5.05. The van der Waals surface area contributed by atoms with Crippen LogP contribution in [-0.2, 0) is 9.47 Å². The van der Waals surface area contributed by atoms with Crippen LogP contribution in [0, 0.1) is 5.92 Å². The van der Waals surface area contributed by atoms with Crippen LogP contribution in [0.1, 0.15) is 30.2 Å². The quantitative estimate of drug-likeness (QED) is 0.649. The second-order valence-electron chi connectivity index (χ2n) is 5.25. The Kier molecular flexibility index (Phi) is 3.68. The SMILES string of the molecule is NNC(c1cccs1)C1CCOC2(CCOC2)C1. The van der Waals surface area contributed by atoms with E-state index < -0.39 is 0 Å². The first-order valence-electron chi connectivity index (χ1n) is 6.54. The van der Waals surface area contributed by atoms with Crippen LogP contribution in [0.4, 0.5) is 0 Å². The highest BCUT2D eigenvalue weighted by Gasteiger charge is 2.43. The Morgan fingerprint density at radius 1 is 1.50 bits per heavy atom. The summed E-state index contributed by atoms with van der Waals surface area (Å²) in [5, 5.41) is 2.10. The lowest BCUT2D eigenvalue weighted by Crippen LogP contribution is -2.45. The van der Waals surface area contributed by atoms with E-state index in [1.165, 1.54) is 4.88 Å². The number of hydrogen-bond donors (Lipinski definition) is 2. The zero-order chi connectivity index (χ0) is 12.4. The summed E-state index contributed by atoms with van der Waals surface area (Å²) >= 11 is 1.77. The van der Waals surface area contributed by atoms with Crippen molar-refractivity contribution in [3.63, 3.8) is 0 Å². The normalized spacial score (nSPS) is 33.9. The minimum atomic E-state index is -0.0464. The highest BCUT2D eigenvalue weighted by Crippen LogP contribution is 2.41. The van der Waals surface area contributed by atoms with Crippen LogP contribution in [0.5, 0.6) is 0 Å². The van der Waals surface area contributed by atoms with Gasteiger partial charge < -0.3 is 9.47 Å². The molecule has 3 rings (SSSR count). The topological polar surface area (TPSA) is 56.5 Å². The van der Waals surface area contributed by atoms with Crippen LogP contribution < -0.4 is 11.3 Å². The van der Waals surface area contributed by atoms with Crippen LogP contribution in [0.15, 0.2) is 17.5 Å². The minimum absolute atomic E-state index is 0.0464. The molecule has 0 radical (unpaired) electrons. The molecule has 3 N–H and O–H groups in total. The largest absolute Gasteiger partial charge is 0.378 e. The Balaban J connectivity index is 1.74. The van der Waals surface area contributed by atoms with E-state index in [9.17, 15) is 0 Å². The van der Waals surface area contributed by atoms with Gasteiger partial charge in [0.1, 0.15) is 0 Å². The van der Waals surface area contributed by atoms with Gasteiger partial charge in [0.25, 0.3) is 0 Å². The second kappa shape index (κ2) is 5.27. The number of nitrogens with two attached hydrogens (primary N) is 1. The molecule has 0 aromatic carbocycles. The molecule has 2 saturated heterocycles. The molecule has 5 heteroatoms. The lowest BCUT2D eigenvalue weighted by molar-refractivity contribution is -0.103. The van der Waals surface area contributed by atoms with E-state index >= 15 is 0 Å². The van der Waals surface area contributed by atoms with Gasteiger partial charge in [-0.05, 0) is 30.2 Å². The second-order valence-corrected chi connectivity index (χ2v) is 6.23. The number of hydrazine groups is 1. The zero-order valence-electron chi connectivity index (χ0n) is 10.4. The molecule has 100 valence electrons. The molecule has 4 nitrogen and oxygen atoms in total. The van der Waals surface area contributed by atoms with Gasteiger partial charge in [0, 0.05) is 24.5 Å². The monoisotopic (exact) mass is 268 g/mol. The Labute approximate surface area is 111 Å². The summed E-state index contributed by atoms with van der Waals surface area (Å²) in [6.45, 7) is 2.38. The van der Waals surface area contributed by atoms with Crippen molar-refractivity contribution in [1.29, 1.82) is 0 Å². The number of ether oxygens (including phenoxy) is 2. The van der Waals surface area contributed by atoms with Crippen LogP contribution in [0.3, 0.4) is 0 Å². The molecular formula is C13H20N2O2S. The Bertz CT molecular complexity index is 376. The van der Waals surface area contributed by atoms with Crippen molar-refractivity contribution in [2.24, 2.45) is 11.8 Å². The molecule has 0 bridgehead atoms. The lowest BCUT2D eigenvalue weighted by atomic mass is 9.81. The molecule has 1 aromatic heterocycles. The van der Waals surface area contributed by atoms with Crippen LogP contribution in [0.2, 0.25) is 0 Å². The summed E-state index contributed by atoms with van der Waals surface area (Å²) in [4.78, 5) is 1.32. The van der Waals surface area contributed by atoms with E-state index in [0.717, 1.165) is 39.1 Å². The molecule has 1 aromatic rings. The first kappa shape index (κ1) is 12.6. The van der Waals surface area contributed by atoms with E-state index in [2.05, 4.69) is 22.9 Å². The lowest BCUT2D eigenvalue weighted by Gasteiger charge is -2.40. The van der Waals surface area contributed by atoms with E-state index in [0.29, 0.717) is 5.92 Å². The van der Waals surface area contributed by atoms with E-state index in [1.54, 1.807) is 11.3 Å². The van der Waals surface area contributed by atoms with Gasteiger partial charge in [-0.2, -0.15) is 0 Å². The molecule has 0 aliphatic carbocycles. The molecule has 2 aliphatic rings. The number of rotatable bonds is 3. The maximum absolute atomic E-state index is 5.98. The number of hydrogen-bond acceptors (Lipinski definition) is 5. The predicted molar refractivity (Wildman–Crippen MR) is 71.2 cm³/mol. The van der Waals surface area contributed by atoms with Gasteiger partial charge >= 0.3 is 0 Å². The minimum Gasteiger partial charge on any atom is -0.378 e. The van der Waals surface area contributed by atoms with Crippen molar-refractivity contribution in [1.82, 2.24) is 5.43 Å². The fourth-order valence-corrected chi connectivity index (χ4v) is 4.01. The molecule has 2 aliphatic heterocycles. The summed E-state index contributed by atoms with van der Waals surface area (Å²) in [5.74, 6) is 6.30. The zero-order valence-corrected chi connectivity index (χ0v) is 11.2. The van der Waals surface area contributed by atoms with Gasteiger partial charge in [-0.25, -0.2) is 0 Å². The van der Waals surface area contributed by atoms with Crippen molar-refractivity contribution >= 4 is 11.3 Å². The molecule has 0 saturated carbocycles.